The standard InChI is InChI=1S/C28H33N3OS/c1-32-23-17-21-5-4-12-29-28(21)26(18-23)31-15-13-30(14-16-31)22-10-8-20(9-11-22)25-19-33-27-7-3-2-6-24(25)27/h2-7,12,17-18,20,22,25H,8-11,13-16,19H2,1H3. The van der Waals surface area contributed by atoms with Crippen LogP contribution in [0.5, 0.6) is 5.75 Å². The van der Waals surface area contributed by atoms with E-state index in [0.29, 0.717) is 0 Å². The van der Waals surface area contributed by atoms with E-state index in [1.807, 2.05) is 12.3 Å². The Hall–Kier alpha value is -2.24. The Balaban J connectivity index is 1.08. The monoisotopic (exact) mass is 459 g/mol. The summed E-state index contributed by atoms with van der Waals surface area (Å²) in [5.41, 5.74) is 3.92. The first-order chi connectivity index (χ1) is 16.3. The lowest BCUT2D eigenvalue weighted by Gasteiger charge is -2.43. The molecule has 2 aliphatic heterocycles. The fraction of sp³-hybridized carbons (Fsp3) is 0.464. The van der Waals surface area contributed by atoms with E-state index in [2.05, 4.69) is 64.0 Å². The zero-order valence-electron chi connectivity index (χ0n) is 19.5. The van der Waals surface area contributed by atoms with Gasteiger partial charge in [0.25, 0.3) is 0 Å². The molecular weight excluding hydrogens is 426 g/mol. The number of ether oxygens (including phenoxy) is 1. The molecule has 1 aliphatic carbocycles. The van der Waals surface area contributed by atoms with Crippen molar-refractivity contribution in [2.24, 2.45) is 5.92 Å². The average molecular weight is 460 g/mol. The van der Waals surface area contributed by atoms with Crippen LogP contribution in [0.4, 0.5) is 5.69 Å². The summed E-state index contributed by atoms with van der Waals surface area (Å²) in [6.45, 7) is 4.41. The summed E-state index contributed by atoms with van der Waals surface area (Å²) in [7, 11) is 1.75. The SMILES string of the molecule is COc1cc(N2CCN(C3CCC(C4CSc5ccccc54)CC3)CC2)c2ncccc2c1. The van der Waals surface area contributed by atoms with Gasteiger partial charge in [0, 0.05) is 60.5 Å². The normalized spacial score (nSPS) is 25.8. The summed E-state index contributed by atoms with van der Waals surface area (Å²) in [4.78, 5) is 11.5. The highest BCUT2D eigenvalue weighted by Crippen LogP contribution is 2.47. The van der Waals surface area contributed by atoms with Gasteiger partial charge >= 0.3 is 0 Å². The van der Waals surface area contributed by atoms with Gasteiger partial charge in [-0.1, -0.05) is 24.3 Å². The second-order valence-corrected chi connectivity index (χ2v) is 10.8. The predicted molar refractivity (Wildman–Crippen MR) is 138 cm³/mol. The number of anilines is 1. The van der Waals surface area contributed by atoms with Crippen molar-refractivity contribution < 1.29 is 4.74 Å². The maximum Gasteiger partial charge on any atom is 0.121 e. The van der Waals surface area contributed by atoms with Gasteiger partial charge in [-0.25, -0.2) is 0 Å². The van der Waals surface area contributed by atoms with E-state index in [1.54, 1.807) is 12.7 Å². The molecule has 33 heavy (non-hydrogen) atoms. The fourth-order valence-corrected chi connectivity index (χ4v) is 7.65. The van der Waals surface area contributed by atoms with Crippen LogP contribution in [-0.4, -0.2) is 55.0 Å². The highest BCUT2D eigenvalue weighted by molar-refractivity contribution is 7.99. The van der Waals surface area contributed by atoms with Crippen molar-refractivity contribution in [3.8, 4) is 5.75 Å². The summed E-state index contributed by atoms with van der Waals surface area (Å²) in [5, 5.41) is 1.15. The Morgan fingerprint density at radius 1 is 0.939 bits per heavy atom. The molecule has 0 spiro atoms. The lowest BCUT2D eigenvalue weighted by Crippen LogP contribution is -2.51. The first-order valence-electron chi connectivity index (χ1n) is 12.4. The number of hydrogen-bond donors (Lipinski definition) is 0. The van der Waals surface area contributed by atoms with Crippen LogP contribution in [0.2, 0.25) is 0 Å². The minimum atomic E-state index is 0.757. The smallest absolute Gasteiger partial charge is 0.121 e. The van der Waals surface area contributed by atoms with Gasteiger partial charge in [-0.3, -0.25) is 9.88 Å². The molecule has 3 heterocycles. The third kappa shape index (κ3) is 4.10. The van der Waals surface area contributed by atoms with Gasteiger partial charge in [-0.2, -0.15) is 0 Å². The van der Waals surface area contributed by atoms with E-state index < -0.39 is 0 Å². The molecule has 1 unspecified atom stereocenters. The molecule has 0 bridgehead atoms. The van der Waals surface area contributed by atoms with Crippen molar-refractivity contribution in [2.45, 2.75) is 42.5 Å². The van der Waals surface area contributed by atoms with Gasteiger partial charge in [-0.15, -0.1) is 11.8 Å². The van der Waals surface area contributed by atoms with Crippen LogP contribution in [0.3, 0.4) is 0 Å². The van der Waals surface area contributed by atoms with Crippen LogP contribution in [0.1, 0.15) is 37.2 Å². The molecule has 172 valence electrons. The summed E-state index contributed by atoms with van der Waals surface area (Å²) in [5.74, 6) is 3.85. The zero-order chi connectivity index (χ0) is 22.2. The molecule has 5 heteroatoms. The molecule has 0 radical (unpaired) electrons. The van der Waals surface area contributed by atoms with Crippen LogP contribution in [0.15, 0.2) is 59.6 Å². The summed E-state index contributed by atoms with van der Waals surface area (Å²) in [6, 6.07) is 18.2. The second-order valence-electron chi connectivity index (χ2n) is 9.77. The molecule has 2 aromatic carbocycles. The van der Waals surface area contributed by atoms with Gasteiger partial charge in [0.2, 0.25) is 0 Å². The number of rotatable bonds is 4. The number of hydrogen-bond acceptors (Lipinski definition) is 5. The number of fused-ring (bicyclic) bond motifs is 2. The minimum Gasteiger partial charge on any atom is -0.497 e. The number of benzene rings is 2. The molecular formula is C28H33N3OS. The van der Waals surface area contributed by atoms with Gasteiger partial charge in [0.15, 0.2) is 0 Å². The lowest BCUT2D eigenvalue weighted by molar-refractivity contribution is 0.124. The number of nitrogens with zero attached hydrogens (tertiary/aromatic N) is 3. The van der Waals surface area contributed by atoms with Crippen molar-refractivity contribution in [1.82, 2.24) is 9.88 Å². The van der Waals surface area contributed by atoms with E-state index in [4.69, 9.17) is 9.72 Å². The Labute approximate surface area is 201 Å². The molecule has 3 aromatic rings. The van der Waals surface area contributed by atoms with E-state index in [9.17, 15) is 0 Å². The fourth-order valence-electron chi connectivity index (χ4n) is 6.28. The van der Waals surface area contributed by atoms with E-state index in [0.717, 1.165) is 60.7 Å². The van der Waals surface area contributed by atoms with Crippen LogP contribution >= 0.6 is 11.8 Å². The van der Waals surface area contributed by atoms with Gasteiger partial charge in [-0.05, 0) is 61.3 Å². The molecule has 1 aromatic heterocycles. The number of aromatic nitrogens is 1. The summed E-state index contributed by atoms with van der Waals surface area (Å²) >= 11 is 2.07. The van der Waals surface area contributed by atoms with Crippen LogP contribution in [0, 0.1) is 5.92 Å². The predicted octanol–water partition coefficient (Wildman–Crippen LogP) is 5.81. The molecule has 2 fully saturated rings. The van der Waals surface area contributed by atoms with Crippen LogP contribution in [0.25, 0.3) is 10.9 Å². The minimum absolute atomic E-state index is 0.757. The second kappa shape index (κ2) is 9.19. The van der Waals surface area contributed by atoms with Crippen molar-refractivity contribution >= 4 is 28.4 Å². The molecule has 0 N–H and O–H groups in total. The highest BCUT2D eigenvalue weighted by atomic mass is 32.2. The number of methoxy groups -OCH3 is 1. The topological polar surface area (TPSA) is 28.6 Å². The quantitative estimate of drug-likeness (QED) is 0.491. The molecule has 0 amide bonds. The van der Waals surface area contributed by atoms with Gasteiger partial charge in [0.05, 0.1) is 18.3 Å². The molecule has 6 rings (SSSR count). The Morgan fingerprint density at radius 3 is 2.58 bits per heavy atom. The van der Waals surface area contributed by atoms with E-state index in [1.165, 1.54) is 42.0 Å². The maximum atomic E-state index is 5.58. The Morgan fingerprint density at radius 2 is 1.76 bits per heavy atom. The third-order valence-electron chi connectivity index (χ3n) is 8.11. The number of thioether (sulfide) groups is 1. The van der Waals surface area contributed by atoms with E-state index >= 15 is 0 Å². The Kier molecular flexibility index (Phi) is 5.93. The average Bonchev–Trinajstić information content (AvgIpc) is 3.32. The number of pyridine rings is 1. The lowest BCUT2D eigenvalue weighted by atomic mass is 9.76. The summed E-state index contributed by atoms with van der Waals surface area (Å²) in [6.07, 6.45) is 7.38. The first kappa shape index (κ1) is 21.3. The summed E-state index contributed by atoms with van der Waals surface area (Å²) < 4.78 is 5.58. The Bertz CT molecular complexity index is 1120. The first-order valence-corrected chi connectivity index (χ1v) is 13.4. The largest absolute Gasteiger partial charge is 0.497 e. The third-order valence-corrected chi connectivity index (χ3v) is 9.32. The number of piperazine rings is 1. The van der Waals surface area contributed by atoms with Crippen molar-refractivity contribution in [3.63, 3.8) is 0 Å². The molecule has 1 saturated carbocycles. The van der Waals surface area contributed by atoms with Crippen molar-refractivity contribution in [3.05, 3.63) is 60.3 Å². The highest BCUT2D eigenvalue weighted by Gasteiger charge is 2.35. The van der Waals surface area contributed by atoms with Crippen LogP contribution in [-0.2, 0) is 0 Å². The molecule has 4 nitrogen and oxygen atoms in total. The molecule has 1 saturated heterocycles. The van der Waals surface area contributed by atoms with Gasteiger partial charge < -0.3 is 9.64 Å². The zero-order valence-corrected chi connectivity index (χ0v) is 20.3. The van der Waals surface area contributed by atoms with Crippen molar-refractivity contribution in [2.75, 3.05) is 43.9 Å². The molecule has 3 aliphatic rings. The van der Waals surface area contributed by atoms with Crippen LogP contribution < -0.4 is 9.64 Å². The molecule has 1 atom stereocenters. The maximum absolute atomic E-state index is 5.58. The van der Waals surface area contributed by atoms with E-state index in [-0.39, 0.29) is 0 Å². The van der Waals surface area contributed by atoms with Crippen molar-refractivity contribution in [1.29, 1.82) is 0 Å². The van der Waals surface area contributed by atoms with Gasteiger partial charge in [0.1, 0.15) is 5.75 Å².